The molecule has 0 spiro atoms. The first-order chi connectivity index (χ1) is 8.22. The average Bonchev–Trinajstić information content (AvgIpc) is 2.38. The number of methoxy groups -OCH3 is 1. The third kappa shape index (κ3) is 2.46. The SMILES string of the molecule is COC(=O)C1CC(=O)CCN1c1ccccc1. The van der Waals surface area contributed by atoms with Crippen molar-refractivity contribution in [1.82, 2.24) is 0 Å². The number of hydrogen-bond donors (Lipinski definition) is 0. The summed E-state index contributed by atoms with van der Waals surface area (Å²) in [6, 6.07) is 9.15. The Labute approximate surface area is 100 Å². The lowest BCUT2D eigenvalue weighted by atomic mass is 10.00. The lowest BCUT2D eigenvalue weighted by molar-refractivity contribution is -0.144. The van der Waals surface area contributed by atoms with Gasteiger partial charge in [-0.15, -0.1) is 0 Å². The van der Waals surface area contributed by atoms with Gasteiger partial charge in [0, 0.05) is 25.1 Å². The second-order valence-electron chi connectivity index (χ2n) is 4.06. The normalized spacial score (nSPS) is 20.2. The minimum absolute atomic E-state index is 0.118. The highest BCUT2D eigenvalue weighted by atomic mass is 16.5. The number of nitrogens with zero attached hydrogens (tertiary/aromatic N) is 1. The first-order valence-corrected chi connectivity index (χ1v) is 5.63. The number of ketones is 1. The van der Waals surface area contributed by atoms with Crippen LogP contribution in [-0.2, 0) is 14.3 Å². The van der Waals surface area contributed by atoms with Crippen molar-refractivity contribution >= 4 is 17.4 Å². The van der Waals surface area contributed by atoms with Gasteiger partial charge in [-0.05, 0) is 12.1 Å². The maximum absolute atomic E-state index is 11.7. The fourth-order valence-corrected chi connectivity index (χ4v) is 2.10. The van der Waals surface area contributed by atoms with Gasteiger partial charge in [-0.1, -0.05) is 18.2 Å². The average molecular weight is 233 g/mol. The molecule has 1 unspecified atom stereocenters. The number of rotatable bonds is 2. The van der Waals surface area contributed by atoms with Crippen LogP contribution in [0.25, 0.3) is 0 Å². The zero-order valence-electron chi connectivity index (χ0n) is 9.76. The molecule has 0 amide bonds. The molecule has 0 radical (unpaired) electrons. The second kappa shape index (κ2) is 4.99. The number of benzene rings is 1. The molecule has 0 saturated carbocycles. The van der Waals surface area contributed by atoms with Gasteiger partial charge in [0.2, 0.25) is 0 Å². The minimum atomic E-state index is -0.483. The van der Waals surface area contributed by atoms with E-state index in [9.17, 15) is 9.59 Å². The molecule has 1 saturated heterocycles. The van der Waals surface area contributed by atoms with Gasteiger partial charge in [0.25, 0.3) is 0 Å². The summed E-state index contributed by atoms with van der Waals surface area (Å²) in [7, 11) is 1.35. The van der Waals surface area contributed by atoms with Crippen LogP contribution >= 0.6 is 0 Å². The van der Waals surface area contributed by atoms with Crippen LogP contribution < -0.4 is 4.90 Å². The monoisotopic (exact) mass is 233 g/mol. The Bertz CT molecular complexity index is 416. The molecule has 1 aromatic carbocycles. The summed E-state index contributed by atoms with van der Waals surface area (Å²) >= 11 is 0. The topological polar surface area (TPSA) is 46.6 Å². The fourth-order valence-electron chi connectivity index (χ4n) is 2.10. The summed E-state index contributed by atoms with van der Waals surface area (Å²) < 4.78 is 4.76. The van der Waals surface area contributed by atoms with Gasteiger partial charge < -0.3 is 9.64 Å². The van der Waals surface area contributed by atoms with Crippen LogP contribution in [0.2, 0.25) is 0 Å². The van der Waals surface area contributed by atoms with Crippen LogP contribution in [0.4, 0.5) is 5.69 Å². The van der Waals surface area contributed by atoms with Gasteiger partial charge in [0.05, 0.1) is 7.11 Å². The molecule has 4 nitrogen and oxygen atoms in total. The molecule has 1 aliphatic heterocycles. The van der Waals surface area contributed by atoms with E-state index in [0.717, 1.165) is 5.69 Å². The maximum Gasteiger partial charge on any atom is 0.328 e. The molecule has 1 atom stereocenters. The van der Waals surface area contributed by atoms with Gasteiger partial charge in [-0.2, -0.15) is 0 Å². The molecule has 0 aromatic heterocycles. The third-order valence-corrected chi connectivity index (χ3v) is 2.99. The van der Waals surface area contributed by atoms with E-state index in [1.54, 1.807) is 0 Å². The summed E-state index contributed by atoms with van der Waals surface area (Å²) in [6.07, 6.45) is 0.726. The number of hydrogen-bond acceptors (Lipinski definition) is 4. The zero-order chi connectivity index (χ0) is 12.3. The first-order valence-electron chi connectivity index (χ1n) is 5.63. The standard InChI is InChI=1S/C13H15NO3/c1-17-13(16)12-9-11(15)7-8-14(12)10-5-3-2-4-6-10/h2-6,12H,7-9H2,1H3. The summed E-state index contributed by atoms with van der Waals surface area (Å²) in [6.45, 7) is 0.572. The van der Waals surface area contributed by atoms with E-state index in [0.29, 0.717) is 13.0 Å². The van der Waals surface area contributed by atoms with Crippen molar-refractivity contribution in [3.63, 3.8) is 0 Å². The van der Waals surface area contributed by atoms with Crippen molar-refractivity contribution < 1.29 is 14.3 Å². The predicted molar refractivity (Wildman–Crippen MR) is 63.8 cm³/mol. The predicted octanol–water partition coefficient (Wildman–Crippen LogP) is 1.40. The van der Waals surface area contributed by atoms with Crippen molar-refractivity contribution in [2.24, 2.45) is 0 Å². The number of Topliss-reactive ketones (excluding diaryl/α,β-unsaturated/α-hetero) is 1. The Morgan fingerprint density at radius 2 is 2.06 bits per heavy atom. The van der Waals surface area contributed by atoms with Crippen LogP contribution in [0.1, 0.15) is 12.8 Å². The maximum atomic E-state index is 11.7. The second-order valence-corrected chi connectivity index (χ2v) is 4.06. The number of esters is 1. The van der Waals surface area contributed by atoms with Crippen molar-refractivity contribution in [2.75, 3.05) is 18.6 Å². The van der Waals surface area contributed by atoms with Crippen molar-refractivity contribution in [2.45, 2.75) is 18.9 Å². The number of piperidine rings is 1. The summed E-state index contributed by atoms with van der Waals surface area (Å²) in [4.78, 5) is 25.1. The van der Waals surface area contributed by atoms with E-state index in [1.165, 1.54) is 7.11 Å². The Balaban J connectivity index is 2.24. The highest BCUT2D eigenvalue weighted by Gasteiger charge is 2.33. The number of carbonyl (C=O) groups excluding carboxylic acids is 2. The molecule has 1 fully saturated rings. The summed E-state index contributed by atoms with van der Waals surface area (Å²) in [5, 5.41) is 0. The Hall–Kier alpha value is -1.84. The van der Waals surface area contributed by atoms with E-state index in [1.807, 2.05) is 35.2 Å². The molecule has 4 heteroatoms. The van der Waals surface area contributed by atoms with E-state index in [4.69, 9.17) is 4.74 Å². The van der Waals surface area contributed by atoms with Crippen LogP contribution in [0.15, 0.2) is 30.3 Å². The quantitative estimate of drug-likeness (QED) is 0.724. The zero-order valence-corrected chi connectivity index (χ0v) is 9.76. The van der Waals surface area contributed by atoms with Crippen LogP contribution in [0.3, 0.4) is 0 Å². The highest BCUT2D eigenvalue weighted by Crippen LogP contribution is 2.23. The number of anilines is 1. The molecule has 17 heavy (non-hydrogen) atoms. The van der Waals surface area contributed by atoms with E-state index in [-0.39, 0.29) is 18.2 Å². The van der Waals surface area contributed by atoms with Gasteiger partial charge in [0.15, 0.2) is 0 Å². The number of carbonyl (C=O) groups is 2. The molecule has 1 aliphatic rings. The van der Waals surface area contributed by atoms with E-state index < -0.39 is 6.04 Å². The van der Waals surface area contributed by atoms with Gasteiger partial charge in [-0.25, -0.2) is 4.79 Å². The molecule has 90 valence electrons. The van der Waals surface area contributed by atoms with Crippen LogP contribution in [0.5, 0.6) is 0 Å². The molecular formula is C13H15NO3. The van der Waals surface area contributed by atoms with Crippen LogP contribution in [-0.4, -0.2) is 31.4 Å². The number of para-hydroxylation sites is 1. The summed E-state index contributed by atoms with van der Waals surface area (Å²) in [5.41, 5.74) is 0.954. The molecule has 0 N–H and O–H groups in total. The Morgan fingerprint density at radius 3 is 2.71 bits per heavy atom. The van der Waals surface area contributed by atoms with E-state index >= 15 is 0 Å². The minimum Gasteiger partial charge on any atom is -0.467 e. The van der Waals surface area contributed by atoms with Gasteiger partial charge in [0.1, 0.15) is 11.8 Å². The lowest BCUT2D eigenvalue weighted by Gasteiger charge is -2.34. The fraction of sp³-hybridized carbons (Fsp3) is 0.385. The highest BCUT2D eigenvalue weighted by molar-refractivity contribution is 5.91. The van der Waals surface area contributed by atoms with E-state index in [2.05, 4.69) is 0 Å². The smallest absolute Gasteiger partial charge is 0.328 e. The largest absolute Gasteiger partial charge is 0.467 e. The number of ether oxygens (including phenoxy) is 1. The van der Waals surface area contributed by atoms with Gasteiger partial charge >= 0.3 is 5.97 Å². The summed E-state index contributed by atoms with van der Waals surface area (Å²) in [5.74, 6) is -0.227. The first kappa shape index (κ1) is 11.6. The molecule has 2 rings (SSSR count). The molecule has 0 aliphatic carbocycles. The Kier molecular flexibility index (Phi) is 3.42. The van der Waals surface area contributed by atoms with Gasteiger partial charge in [-0.3, -0.25) is 4.79 Å². The molecule has 1 heterocycles. The Morgan fingerprint density at radius 1 is 1.35 bits per heavy atom. The third-order valence-electron chi connectivity index (χ3n) is 2.99. The molecule has 0 bridgehead atoms. The molecule has 1 aromatic rings. The lowest BCUT2D eigenvalue weighted by Crippen LogP contribution is -2.48. The van der Waals surface area contributed by atoms with Crippen molar-refractivity contribution in [3.8, 4) is 0 Å². The van der Waals surface area contributed by atoms with Crippen molar-refractivity contribution in [3.05, 3.63) is 30.3 Å². The van der Waals surface area contributed by atoms with Crippen molar-refractivity contribution in [1.29, 1.82) is 0 Å². The van der Waals surface area contributed by atoms with Crippen LogP contribution in [0, 0.1) is 0 Å². The molecular weight excluding hydrogens is 218 g/mol.